The van der Waals surface area contributed by atoms with Crippen LogP contribution < -0.4 is 4.74 Å². The van der Waals surface area contributed by atoms with E-state index in [2.05, 4.69) is 4.90 Å². The van der Waals surface area contributed by atoms with Crippen LogP contribution in [0.3, 0.4) is 0 Å². The van der Waals surface area contributed by atoms with Crippen LogP contribution in [0, 0.1) is 0 Å². The van der Waals surface area contributed by atoms with Crippen molar-refractivity contribution in [1.29, 1.82) is 0 Å². The lowest BCUT2D eigenvalue weighted by atomic mass is 9.86. The summed E-state index contributed by atoms with van der Waals surface area (Å²) in [5, 5.41) is 10.4. The number of likely N-dealkylation sites (tertiary alicyclic amines) is 1. The summed E-state index contributed by atoms with van der Waals surface area (Å²) in [4.78, 5) is 2.08. The molecule has 2 atom stereocenters. The van der Waals surface area contributed by atoms with Gasteiger partial charge in [-0.15, -0.1) is 12.4 Å². The van der Waals surface area contributed by atoms with Crippen molar-refractivity contribution in [3.8, 4) is 5.75 Å². The lowest BCUT2D eigenvalue weighted by Gasteiger charge is -2.36. The molecule has 0 aliphatic carbocycles. The van der Waals surface area contributed by atoms with Gasteiger partial charge in [-0.25, -0.2) is 0 Å². The molecule has 1 N–H and O–H groups in total. The van der Waals surface area contributed by atoms with Crippen LogP contribution in [0.1, 0.15) is 23.5 Å². The van der Waals surface area contributed by atoms with Gasteiger partial charge >= 0.3 is 6.18 Å². The summed E-state index contributed by atoms with van der Waals surface area (Å²) in [6, 6.07) is 14.8. The first-order valence-electron chi connectivity index (χ1n) is 8.69. The highest BCUT2D eigenvalue weighted by molar-refractivity contribution is 5.85. The first-order chi connectivity index (χ1) is 12.4. The lowest BCUT2D eigenvalue weighted by molar-refractivity contribution is -0.137. The van der Waals surface area contributed by atoms with Gasteiger partial charge in [0, 0.05) is 19.0 Å². The molecule has 1 heterocycles. The minimum atomic E-state index is -4.36. The molecular weight excluding hydrogens is 379 g/mol. The summed E-state index contributed by atoms with van der Waals surface area (Å²) in [7, 11) is 0. The highest BCUT2D eigenvalue weighted by atomic mass is 35.5. The molecule has 0 aromatic heterocycles. The van der Waals surface area contributed by atoms with Crippen LogP contribution in [-0.2, 0) is 6.18 Å². The summed E-state index contributed by atoms with van der Waals surface area (Å²) in [6.45, 7) is 2.32. The first-order valence-corrected chi connectivity index (χ1v) is 8.69. The summed E-state index contributed by atoms with van der Waals surface area (Å²) >= 11 is 0. The number of β-amino-alcohol motifs (C(OH)–C–C–N with tert-alkyl or cyclic N) is 1. The van der Waals surface area contributed by atoms with E-state index in [-0.39, 0.29) is 18.3 Å². The highest BCUT2D eigenvalue weighted by Crippen LogP contribution is 2.34. The van der Waals surface area contributed by atoms with Crippen LogP contribution in [0.4, 0.5) is 13.2 Å². The molecule has 3 rings (SSSR count). The Labute approximate surface area is 163 Å². The second-order valence-corrected chi connectivity index (χ2v) is 6.55. The number of nitrogens with zero attached hydrogens (tertiary/aromatic N) is 1. The minimum absolute atomic E-state index is 0. The zero-order chi connectivity index (χ0) is 18.6. The average Bonchev–Trinajstić information content (AvgIpc) is 2.62. The maximum Gasteiger partial charge on any atom is 0.416 e. The van der Waals surface area contributed by atoms with Gasteiger partial charge in [0.2, 0.25) is 0 Å². The van der Waals surface area contributed by atoms with Crippen molar-refractivity contribution in [2.45, 2.75) is 24.6 Å². The van der Waals surface area contributed by atoms with Gasteiger partial charge in [0.1, 0.15) is 12.4 Å². The van der Waals surface area contributed by atoms with E-state index in [1.54, 1.807) is 6.07 Å². The number of aliphatic hydroxyl groups excluding tert-OH is 1. The molecule has 2 aromatic carbocycles. The molecule has 1 saturated heterocycles. The number of aliphatic hydroxyl groups is 1. The fourth-order valence-electron chi connectivity index (χ4n) is 3.34. The molecular formula is C20H23ClF3NO2. The molecule has 0 radical (unpaired) electrons. The molecule has 7 heteroatoms. The van der Waals surface area contributed by atoms with Crippen molar-refractivity contribution < 1.29 is 23.0 Å². The Balaban J connectivity index is 0.00000261. The van der Waals surface area contributed by atoms with Gasteiger partial charge in [-0.1, -0.05) is 36.4 Å². The van der Waals surface area contributed by atoms with E-state index in [1.165, 1.54) is 6.07 Å². The van der Waals surface area contributed by atoms with Crippen molar-refractivity contribution in [3.05, 3.63) is 65.7 Å². The second-order valence-electron chi connectivity index (χ2n) is 6.55. The first kappa shape index (κ1) is 21.5. The largest absolute Gasteiger partial charge is 0.492 e. The topological polar surface area (TPSA) is 32.7 Å². The van der Waals surface area contributed by atoms with Crippen LogP contribution in [0.15, 0.2) is 54.6 Å². The van der Waals surface area contributed by atoms with Gasteiger partial charge < -0.3 is 9.84 Å². The predicted molar refractivity (Wildman–Crippen MR) is 100 cm³/mol. The molecule has 0 bridgehead atoms. The molecule has 27 heavy (non-hydrogen) atoms. The van der Waals surface area contributed by atoms with Gasteiger partial charge in [0.05, 0.1) is 11.7 Å². The Morgan fingerprint density at radius 1 is 1.07 bits per heavy atom. The van der Waals surface area contributed by atoms with Crippen molar-refractivity contribution in [2.75, 3.05) is 26.2 Å². The van der Waals surface area contributed by atoms with Crippen molar-refractivity contribution >= 4 is 12.4 Å². The molecule has 0 saturated carbocycles. The number of ether oxygens (including phenoxy) is 1. The van der Waals surface area contributed by atoms with E-state index in [0.717, 1.165) is 24.4 Å². The van der Waals surface area contributed by atoms with Gasteiger partial charge in [-0.05, 0) is 36.7 Å². The normalized spacial score (nSPS) is 20.7. The van der Waals surface area contributed by atoms with E-state index < -0.39 is 17.8 Å². The van der Waals surface area contributed by atoms with Crippen molar-refractivity contribution in [2.24, 2.45) is 0 Å². The Kier molecular flexibility index (Phi) is 7.53. The summed E-state index contributed by atoms with van der Waals surface area (Å²) in [5.41, 5.74) is -0.117. The molecule has 1 aliphatic heterocycles. The number of benzene rings is 2. The highest BCUT2D eigenvalue weighted by Gasteiger charge is 2.33. The molecule has 2 aromatic rings. The Hall–Kier alpha value is -1.76. The Morgan fingerprint density at radius 2 is 1.81 bits per heavy atom. The van der Waals surface area contributed by atoms with Gasteiger partial charge in [-0.3, -0.25) is 4.90 Å². The van der Waals surface area contributed by atoms with Crippen molar-refractivity contribution in [3.63, 3.8) is 0 Å². The van der Waals surface area contributed by atoms with E-state index in [0.29, 0.717) is 31.7 Å². The molecule has 1 aliphatic rings. The van der Waals surface area contributed by atoms with Crippen LogP contribution in [0.5, 0.6) is 5.75 Å². The molecule has 148 valence electrons. The van der Waals surface area contributed by atoms with Crippen molar-refractivity contribution in [1.82, 2.24) is 4.90 Å². The fourth-order valence-corrected chi connectivity index (χ4v) is 3.34. The molecule has 1 fully saturated rings. The van der Waals surface area contributed by atoms with E-state index in [4.69, 9.17) is 4.74 Å². The quantitative estimate of drug-likeness (QED) is 0.808. The number of hydrogen-bond acceptors (Lipinski definition) is 3. The third-order valence-corrected chi connectivity index (χ3v) is 4.73. The Bertz CT molecular complexity index is 712. The van der Waals surface area contributed by atoms with Gasteiger partial charge in [0.25, 0.3) is 0 Å². The van der Waals surface area contributed by atoms with Crippen LogP contribution >= 0.6 is 12.4 Å². The van der Waals surface area contributed by atoms with Gasteiger partial charge in [-0.2, -0.15) is 13.2 Å². The summed E-state index contributed by atoms with van der Waals surface area (Å²) < 4.78 is 44.3. The maximum atomic E-state index is 12.9. The van der Waals surface area contributed by atoms with Crippen LogP contribution in [0.2, 0.25) is 0 Å². The fraction of sp³-hybridized carbons (Fsp3) is 0.400. The van der Waals surface area contributed by atoms with E-state index >= 15 is 0 Å². The zero-order valence-corrected chi connectivity index (χ0v) is 15.5. The second kappa shape index (κ2) is 9.44. The third kappa shape index (κ3) is 5.86. The zero-order valence-electron chi connectivity index (χ0n) is 14.7. The monoisotopic (exact) mass is 401 g/mol. The van der Waals surface area contributed by atoms with E-state index in [9.17, 15) is 18.3 Å². The lowest BCUT2D eigenvalue weighted by Crippen LogP contribution is -2.44. The SMILES string of the molecule is Cl.OC1CN(CCOc2ccccc2)CCC1c1cccc(C(F)(F)F)c1. The maximum absolute atomic E-state index is 12.9. The van der Waals surface area contributed by atoms with Gasteiger partial charge in [0.15, 0.2) is 0 Å². The number of halogens is 4. The summed E-state index contributed by atoms with van der Waals surface area (Å²) in [5.74, 6) is 0.524. The summed E-state index contributed by atoms with van der Waals surface area (Å²) in [6.07, 6.45) is -4.44. The minimum Gasteiger partial charge on any atom is -0.492 e. The predicted octanol–water partition coefficient (Wildman–Crippen LogP) is 4.36. The molecule has 2 unspecified atom stereocenters. The molecule has 0 spiro atoms. The molecule has 0 amide bonds. The number of alkyl halides is 3. The number of hydrogen-bond donors (Lipinski definition) is 1. The standard InChI is InChI=1S/C20H22F3NO2.ClH/c21-20(22,23)16-6-4-5-15(13-16)18-9-10-24(14-19(18)25)11-12-26-17-7-2-1-3-8-17;/h1-8,13,18-19,25H,9-12,14H2;1H. The number of piperidine rings is 1. The van der Waals surface area contributed by atoms with Crippen LogP contribution in [-0.4, -0.2) is 42.4 Å². The smallest absolute Gasteiger partial charge is 0.416 e. The average molecular weight is 402 g/mol. The number of para-hydroxylation sites is 1. The number of rotatable bonds is 5. The molecule has 3 nitrogen and oxygen atoms in total. The van der Waals surface area contributed by atoms with Crippen LogP contribution in [0.25, 0.3) is 0 Å². The van der Waals surface area contributed by atoms with E-state index in [1.807, 2.05) is 30.3 Å². The Morgan fingerprint density at radius 3 is 2.48 bits per heavy atom. The third-order valence-electron chi connectivity index (χ3n) is 4.73.